The highest BCUT2D eigenvalue weighted by molar-refractivity contribution is 6.30. The second-order valence-corrected chi connectivity index (χ2v) is 8.34. The van der Waals surface area contributed by atoms with Crippen LogP contribution in [-0.2, 0) is 16.1 Å². The van der Waals surface area contributed by atoms with E-state index in [9.17, 15) is 14.0 Å². The second-order valence-electron chi connectivity index (χ2n) is 7.90. The Balaban J connectivity index is 1.78. The summed E-state index contributed by atoms with van der Waals surface area (Å²) in [7, 11) is 0. The molecule has 1 N–H and O–H groups in total. The Hall–Kier alpha value is -3.33. The second kappa shape index (κ2) is 9.22. The monoisotopic (exact) mass is 444 g/mol. The van der Waals surface area contributed by atoms with E-state index in [0.717, 1.165) is 4.80 Å². The largest absolute Gasteiger partial charge is 0.350 e. The van der Waals surface area contributed by atoms with Gasteiger partial charge in [-0.25, -0.2) is 4.39 Å². The van der Waals surface area contributed by atoms with Gasteiger partial charge in [-0.15, -0.1) is 10.2 Å². The van der Waals surface area contributed by atoms with E-state index < -0.39 is 11.4 Å². The normalized spacial score (nSPS) is 11.3. The lowest BCUT2D eigenvalue weighted by Crippen LogP contribution is -2.48. The SMILES string of the molecule is CC(C)(C)NC(=O)CN(C(=O)Cn1nnc(-c2ccc(F)cc2)n1)c1ccc(Cl)cc1. The molecule has 3 rings (SSSR count). The minimum atomic E-state index is -0.441. The lowest BCUT2D eigenvalue weighted by atomic mass is 10.1. The van der Waals surface area contributed by atoms with Crippen LogP contribution in [0.2, 0.25) is 5.02 Å². The summed E-state index contributed by atoms with van der Waals surface area (Å²) in [5.41, 5.74) is 0.639. The molecule has 8 nitrogen and oxygen atoms in total. The van der Waals surface area contributed by atoms with Crippen molar-refractivity contribution < 1.29 is 14.0 Å². The molecule has 2 aromatic carbocycles. The number of nitrogens with one attached hydrogen (secondary N) is 1. The molecule has 0 atom stereocenters. The van der Waals surface area contributed by atoms with E-state index in [-0.39, 0.29) is 30.6 Å². The van der Waals surface area contributed by atoms with Crippen LogP contribution in [0.25, 0.3) is 11.4 Å². The van der Waals surface area contributed by atoms with Gasteiger partial charge in [0.1, 0.15) is 18.9 Å². The van der Waals surface area contributed by atoms with Crippen LogP contribution >= 0.6 is 11.6 Å². The molecule has 31 heavy (non-hydrogen) atoms. The fraction of sp³-hybridized carbons (Fsp3) is 0.286. The van der Waals surface area contributed by atoms with Gasteiger partial charge in [-0.1, -0.05) is 11.6 Å². The average molecular weight is 445 g/mol. The summed E-state index contributed by atoms with van der Waals surface area (Å²) >= 11 is 5.95. The Labute approximate surface area is 184 Å². The van der Waals surface area contributed by atoms with Crippen molar-refractivity contribution in [2.24, 2.45) is 0 Å². The highest BCUT2D eigenvalue weighted by Crippen LogP contribution is 2.19. The van der Waals surface area contributed by atoms with Gasteiger partial charge in [-0.05, 0) is 74.5 Å². The predicted molar refractivity (Wildman–Crippen MR) is 115 cm³/mol. The number of benzene rings is 2. The van der Waals surface area contributed by atoms with Gasteiger partial charge in [-0.2, -0.15) is 4.80 Å². The summed E-state index contributed by atoms with van der Waals surface area (Å²) in [6, 6.07) is 12.2. The van der Waals surface area contributed by atoms with Crippen molar-refractivity contribution in [3.8, 4) is 11.4 Å². The van der Waals surface area contributed by atoms with E-state index in [1.54, 1.807) is 24.3 Å². The number of hydrogen-bond donors (Lipinski definition) is 1. The molecule has 0 spiro atoms. The first-order chi connectivity index (χ1) is 14.6. The number of aromatic nitrogens is 4. The molecule has 0 aliphatic carbocycles. The number of anilines is 1. The van der Waals surface area contributed by atoms with Crippen LogP contribution in [0.3, 0.4) is 0 Å². The number of amides is 2. The van der Waals surface area contributed by atoms with Crippen molar-refractivity contribution in [3.05, 3.63) is 59.4 Å². The number of tetrazole rings is 1. The van der Waals surface area contributed by atoms with Crippen LogP contribution in [0.5, 0.6) is 0 Å². The topological polar surface area (TPSA) is 93.0 Å². The quantitative estimate of drug-likeness (QED) is 0.630. The van der Waals surface area contributed by atoms with E-state index in [1.807, 2.05) is 20.8 Å². The Kier molecular flexibility index (Phi) is 6.65. The van der Waals surface area contributed by atoms with Crippen molar-refractivity contribution >= 4 is 29.1 Å². The first-order valence-corrected chi connectivity index (χ1v) is 9.89. The molecule has 10 heteroatoms. The third-order valence-corrected chi connectivity index (χ3v) is 4.34. The summed E-state index contributed by atoms with van der Waals surface area (Å²) in [6.45, 7) is 5.15. The lowest BCUT2D eigenvalue weighted by Gasteiger charge is -2.26. The lowest BCUT2D eigenvalue weighted by molar-refractivity contribution is -0.125. The summed E-state index contributed by atoms with van der Waals surface area (Å²) in [5.74, 6) is -0.835. The summed E-state index contributed by atoms with van der Waals surface area (Å²) in [5, 5.41) is 15.3. The number of hydrogen-bond acceptors (Lipinski definition) is 5. The smallest absolute Gasteiger partial charge is 0.251 e. The van der Waals surface area contributed by atoms with Crippen LogP contribution < -0.4 is 10.2 Å². The Morgan fingerprint density at radius 1 is 1.10 bits per heavy atom. The molecule has 0 fully saturated rings. The number of rotatable bonds is 6. The van der Waals surface area contributed by atoms with E-state index in [2.05, 4.69) is 20.7 Å². The average Bonchev–Trinajstić information content (AvgIpc) is 3.14. The summed E-state index contributed by atoms with van der Waals surface area (Å²) in [4.78, 5) is 28.0. The Morgan fingerprint density at radius 2 is 1.74 bits per heavy atom. The molecule has 0 radical (unpaired) electrons. The van der Waals surface area contributed by atoms with Crippen molar-refractivity contribution in [2.75, 3.05) is 11.4 Å². The highest BCUT2D eigenvalue weighted by Gasteiger charge is 2.23. The first kappa shape index (κ1) is 22.4. The fourth-order valence-electron chi connectivity index (χ4n) is 2.78. The maximum Gasteiger partial charge on any atom is 0.251 e. The van der Waals surface area contributed by atoms with Crippen molar-refractivity contribution in [1.82, 2.24) is 25.5 Å². The molecule has 0 saturated heterocycles. The van der Waals surface area contributed by atoms with Gasteiger partial charge < -0.3 is 10.2 Å². The van der Waals surface area contributed by atoms with E-state index in [0.29, 0.717) is 16.3 Å². The predicted octanol–water partition coefficient (Wildman–Crippen LogP) is 3.08. The molecule has 2 amide bonds. The molecular weight excluding hydrogens is 423 g/mol. The third-order valence-electron chi connectivity index (χ3n) is 4.09. The highest BCUT2D eigenvalue weighted by atomic mass is 35.5. The standard InChI is InChI=1S/C21H22ClFN6O2/c1-21(2,3)24-18(30)12-28(17-10-6-15(22)7-11-17)19(31)13-29-26-20(25-27-29)14-4-8-16(23)9-5-14/h4-11H,12-13H2,1-3H3,(H,24,30). The maximum absolute atomic E-state index is 13.1. The molecule has 0 aliphatic heterocycles. The molecule has 162 valence electrons. The van der Waals surface area contributed by atoms with Gasteiger partial charge in [0.05, 0.1) is 0 Å². The first-order valence-electron chi connectivity index (χ1n) is 9.51. The van der Waals surface area contributed by atoms with Crippen molar-refractivity contribution in [2.45, 2.75) is 32.9 Å². The van der Waals surface area contributed by atoms with Crippen LogP contribution in [0.1, 0.15) is 20.8 Å². The number of nitrogens with zero attached hydrogens (tertiary/aromatic N) is 5. The van der Waals surface area contributed by atoms with Gasteiger partial charge in [0, 0.05) is 21.8 Å². The van der Waals surface area contributed by atoms with E-state index in [1.165, 1.54) is 29.2 Å². The maximum atomic E-state index is 13.1. The number of carbonyl (C=O) groups is 2. The Morgan fingerprint density at radius 3 is 2.35 bits per heavy atom. The summed E-state index contributed by atoms with van der Waals surface area (Å²) in [6.07, 6.45) is 0. The molecule has 3 aromatic rings. The molecule has 1 aromatic heterocycles. The van der Waals surface area contributed by atoms with Gasteiger partial charge in [-0.3, -0.25) is 9.59 Å². The van der Waals surface area contributed by atoms with Crippen molar-refractivity contribution in [1.29, 1.82) is 0 Å². The molecule has 0 unspecified atom stereocenters. The summed E-state index contributed by atoms with van der Waals surface area (Å²) < 4.78 is 13.1. The van der Waals surface area contributed by atoms with Crippen LogP contribution in [0.15, 0.2) is 48.5 Å². The molecule has 0 saturated carbocycles. The van der Waals surface area contributed by atoms with Gasteiger partial charge >= 0.3 is 0 Å². The van der Waals surface area contributed by atoms with Crippen LogP contribution in [0.4, 0.5) is 10.1 Å². The van der Waals surface area contributed by atoms with E-state index >= 15 is 0 Å². The minimum Gasteiger partial charge on any atom is -0.350 e. The fourth-order valence-corrected chi connectivity index (χ4v) is 2.90. The van der Waals surface area contributed by atoms with Gasteiger partial charge in [0.15, 0.2) is 0 Å². The zero-order valence-corrected chi connectivity index (χ0v) is 18.1. The van der Waals surface area contributed by atoms with E-state index in [4.69, 9.17) is 11.6 Å². The molecule has 0 aliphatic rings. The number of halogens is 2. The van der Waals surface area contributed by atoms with Gasteiger partial charge in [0.25, 0.3) is 5.91 Å². The van der Waals surface area contributed by atoms with Crippen LogP contribution in [-0.4, -0.2) is 44.1 Å². The molecular formula is C21H22ClFN6O2. The third kappa shape index (κ3) is 6.32. The zero-order chi connectivity index (χ0) is 22.6. The van der Waals surface area contributed by atoms with Crippen LogP contribution in [0, 0.1) is 5.82 Å². The zero-order valence-electron chi connectivity index (χ0n) is 17.3. The number of carbonyl (C=O) groups excluding carboxylic acids is 2. The molecule has 1 heterocycles. The molecule has 0 bridgehead atoms. The Bertz CT molecular complexity index is 1060. The van der Waals surface area contributed by atoms with Gasteiger partial charge in [0.2, 0.25) is 11.7 Å². The van der Waals surface area contributed by atoms with Crippen molar-refractivity contribution in [3.63, 3.8) is 0 Å². The minimum absolute atomic E-state index is 0.183.